The van der Waals surface area contributed by atoms with Crippen LogP contribution in [0.1, 0.15) is 27.0 Å². The van der Waals surface area contributed by atoms with E-state index < -0.39 is 0 Å². The highest BCUT2D eigenvalue weighted by Gasteiger charge is 2.16. The van der Waals surface area contributed by atoms with Crippen molar-refractivity contribution in [3.8, 4) is 5.75 Å². The van der Waals surface area contributed by atoms with Crippen molar-refractivity contribution in [1.82, 2.24) is 0 Å². The van der Waals surface area contributed by atoms with E-state index in [0.717, 1.165) is 16.7 Å². The normalized spacial score (nSPS) is 10.3. The lowest BCUT2D eigenvalue weighted by molar-refractivity contribution is 0.0989. The van der Waals surface area contributed by atoms with Crippen molar-refractivity contribution in [2.45, 2.75) is 20.3 Å². The predicted octanol–water partition coefficient (Wildman–Crippen LogP) is 3.74. The first-order valence-electron chi connectivity index (χ1n) is 6.34. The van der Waals surface area contributed by atoms with Gasteiger partial charge in [-0.2, -0.15) is 0 Å². The van der Waals surface area contributed by atoms with Crippen LogP contribution in [0.15, 0.2) is 42.5 Å². The molecular weight excluding hydrogens is 236 g/mol. The summed E-state index contributed by atoms with van der Waals surface area (Å²) in [4.78, 5) is 12.4. The van der Waals surface area contributed by atoms with Crippen LogP contribution in [0, 0.1) is 13.8 Å². The summed E-state index contributed by atoms with van der Waals surface area (Å²) in [5.41, 5.74) is 3.79. The van der Waals surface area contributed by atoms with Gasteiger partial charge in [0.2, 0.25) is 0 Å². The number of rotatable bonds is 4. The summed E-state index contributed by atoms with van der Waals surface area (Å²) in [6, 6.07) is 13.7. The molecule has 0 atom stereocenters. The summed E-state index contributed by atoms with van der Waals surface area (Å²) in [5, 5.41) is 0. The Morgan fingerprint density at radius 2 is 1.79 bits per heavy atom. The zero-order valence-corrected chi connectivity index (χ0v) is 11.6. The fourth-order valence-corrected chi connectivity index (χ4v) is 2.32. The van der Waals surface area contributed by atoms with Crippen LogP contribution in [0.2, 0.25) is 0 Å². The summed E-state index contributed by atoms with van der Waals surface area (Å²) in [6.45, 7) is 3.95. The molecule has 0 unspecified atom stereocenters. The number of aryl methyl sites for hydroxylation is 2. The van der Waals surface area contributed by atoms with Crippen LogP contribution in [0.3, 0.4) is 0 Å². The summed E-state index contributed by atoms with van der Waals surface area (Å²) in [7, 11) is 1.60. The van der Waals surface area contributed by atoms with Gasteiger partial charge in [-0.05, 0) is 36.6 Å². The van der Waals surface area contributed by atoms with Gasteiger partial charge in [0.25, 0.3) is 0 Å². The third kappa shape index (κ3) is 3.02. The Kier molecular flexibility index (Phi) is 4.00. The van der Waals surface area contributed by atoms with Gasteiger partial charge in [0.05, 0.1) is 12.7 Å². The molecule has 0 aliphatic heterocycles. The highest BCUT2D eigenvalue weighted by Crippen LogP contribution is 2.25. The van der Waals surface area contributed by atoms with E-state index in [2.05, 4.69) is 0 Å². The quantitative estimate of drug-likeness (QED) is 0.777. The Balaban J connectivity index is 2.34. The average molecular weight is 254 g/mol. The molecule has 2 heteroatoms. The van der Waals surface area contributed by atoms with Gasteiger partial charge in [-0.3, -0.25) is 4.79 Å². The van der Waals surface area contributed by atoms with E-state index in [1.807, 2.05) is 56.3 Å². The van der Waals surface area contributed by atoms with Gasteiger partial charge < -0.3 is 4.74 Å². The second-order valence-corrected chi connectivity index (χ2v) is 4.74. The topological polar surface area (TPSA) is 26.3 Å². The Morgan fingerprint density at radius 3 is 2.42 bits per heavy atom. The van der Waals surface area contributed by atoms with Crippen LogP contribution in [0.4, 0.5) is 0 Å². The number of benzene rings is 2. The number of methoxy groups -OCH3 is 1. The number of ether oxygens (including phenoxy) is 1. The smallest absolute Gasteiger partial charge is 0.171 e. The molecule has 0 fully saturated rings. The van der Waals surface area contributed by atoms with Crippen molar-refractivity contribution in [3.63, 3.8) is 0 Å². The largest absolute Gasteiger partial charge is 0.496 e. The third-order valence-electron chi connectivity index (χ3n) is 3.15. The fourth-order valence-electron chi connectivity index (χ4n) is 2.32. The molecule has 0 N–H and O–H groups in total. The van der Waals surface area contributed by atoms with Crippen molar-refractivity contribution >= 4 is 5.78 Å². The molecule has 0 aromatic heterocycles. The molecule has 0 spiro atoms. The molecule has 0 saturated carbocycles. The van der Waals surface area contributed by atoms with Gasteiger partial charge in [-0.15, -0.1) is 0 Å². The summed E-state index contributed by atoms with van der Waals surface area (Å²) < 4.78 is 5.34. The Bertz CT molecular complexity index is 586. The first kappa shape index (κ1) is 13.3. The zero-order chi connectivity index (χ0) is 13.8. The maximum absolute atomic E-state index is 12.4. The maximum atomic E-state index is 12.4. The SMILES string of the molecule is COc1cc(C)cc(C)c1C(=O)Cc1ccccc1. The monoisotopic (exact) mass is 254 g/mol. The Morgan fingerprint density at radius 1 is 1.11 bits per heavy atom. The van der Waals surface area contributed by atoms with Gasteiger partial charge >= 0.3 is 0 Å². The second-order valence-electron chi connectivity index (χ2n) is 4.74. The number of carbonyl (C=O) groups excluding carboxylic acids is 1. The van der Waals surface area contributed by atoms with Crippen LogP contribution in [0.25, 0.3) is 0 Å². The molecule has 2 rings (SSSR count). The number of carbonyl (C=O) groups is 1. The van der Waals surface area contributed by atoms with Crippen LogP contribution in [0.5, 0.6) is 5.75 Å². The highest BCUT2D eigenvalue weighted by atomic mass is 16.5. The Hall–Kier alpha value is -2.09. The van der Waals surface area contributed by atoms with E-state index in [1.165, 1.54) is 0 Å². The molecule has 0 radical (unpaired) electrons. The summed E-state index contributed by atoms with van der Waals surface area (Å²) in [6.07, 6.45) is 0.404. The van der Waals surface area contributed by atoms with Crippen molar-refractivity contribution in [1.29, 1.82) is 0 Å². The van der Waals surface area contributed by atoms with E-state index in [0.29, 0.717) is 17.7 Å². The van der Waals surface area contributed by atoms with Gasteiger partial charge in [-0.1, -0.05) is 36.4 Å². The van der Waals surface area contributed by atoms with E-state index >= 15 is 0 Å². The molecular formula is C17H18O2. The number of hydrogen-bond acceptors (Lipinski definition) is 2. The molecule has 0 heterocycles. The van der Waals surface area contributed by atoms with Crippen LogP contribution >= 0.6 is 0 Å². The summed E-state index contributed by atoms with van der Waals surface area (Å²) >= 11 is 0. The molecule has 0 saturated heterocycles. The molecule has 2 nitrogen and oxygen atoms in total. The van der Waals surface area contributed by atoms with Gasteiger partial charge in [0.15, 0.2) is 5.78 Å². The second kappa shape index (κ2) is 5.70. The lowest BCUT2D eigenvalue weighted by Gasteiger charge is -2.12. The number of hydrogen-bond donors (Lipinski definition) is 0. The minimum absolute atomic E-state index is 0.0977. The van der Waals surface area contributed by atoms with Crippen LogP contribution in [-0.2, 0) is 6.42 Å². The average Bonchev–Trinajstić information content (AvgIpc) is 2.38. The van der Waals surface area contributed by atoms with E-state index in [1.54, 1.807) is 7.11 Å². The molecule has 2 aromatic rings. The molecule has 19 heavy (non-hydrogen) atoms. The van der Waals surface area contributed by atoms with Crippen molar-refractivity contribution in [2.24, 2.45) is 0 Å². The lowest BCUT2D eigenvalue weighted by atomic mass is 9.96. The van der Waals surface area contributed by atoms with Gasteiger partial charge in [-0.25, -0.2) is 0 Å². The first-order valence-corrected chi connectivity index (χ1v) is 6.34. The molecule has 0 aliphatic rings. The zero-order valence-electron chi connectivity index (χ0n) is 11.6. The third-order valence-corrected chi connectivity index (χ3v) is 3.15. The van der Waals surface area contributed by atoms with Gasteiger partial charge in [0.1, 0.15) is 5.75 Å². The molecule has 0 bridgehead atoms. The minimum Gasteiger partial charge on any atom is -0.496 e. The van der Waals surface area contributed by atoms with E-state index in [-0.39, 0.29) is 5.78 Å². The molecule has 0 aliphatic carbocycles. The summed E-state index contributed by atoms with van der Waals surface area (Å²) in [5.74, 6) is 0.763. The van der Waals surface area contributed by atoms with Gasteiger partial charge in [0, 0.05) is 6.42 Å². The minimum atomic E-state index is 0.0977. The van der Waals surface area contributed by atoms with E-state index in [9.17, 15) is 4.79 Å². The van der Waals surface area contributed by atoms with Crippen LogP contribution in [-0.4, -0.2) is 12.9 Å². The molecule has 98 valence electrons. The van der Waals surface area contributed by atoms with E-state index in [4.69, 9.17) is 4.74 Å². The number of ketones is 1. The van der Waals surface area contributed by atoms with Crippen molar-refractivity contribution in [2.75, 3.05) is 7.11 Å². The molecule has 2 aromatic carbocycles. The Labute approximate surface area is 114 Å². The van der Waals surface area contributed by atoms with Crippen molar-refractivity contribution < 1.29 is 9.53 Å². The van der Waals surface area contributed by atoms with Crippen molar-refractivity contribution in [3.05, 3.63) is 64.7 Å². The number of Topliss-reactive ketones (excluding diaryl/α,β-unsaturated/α-hetero) is 1. The standard InChI is InChI=1S/C17H18O2/c1-12-9-13(2)17(16(10-12)19-3)15(18)11-14-7-5-4-6-8-14/h4-10H,11H2,1-3H3. The first-order chi connectivity index (χ1) is 9.11. The predicted molar refractivity (Wildman–Crippen MR) is 76.9 cm³/mol. The fraction of sp³-hybridized carbons (Fsp3) is 0.235. The van der Waals surface area contributed by atoms with Crippen LogP contribution < -0.4 is 4.74 Å². The maximum Gasteiger partial charge on any atom is 0.171 e. The molecule has 0 amide bonds. The highest BCUT2D eigenvalue weighted by molar-refractivity contribution is 6.01. The lowest BCUT2D eigenvalue weighted by Crippen LogP contribution is -2.08.